The van der Waals surface area contributed by atoms with E-state index in [4.69, 9.17) is 0 Å². The third kappa shape index (κ3) is 3.16. The van der Waals surface area contributed by atoms with Crippen molar-refractivity contribution in [3.05, 3.63) is 28.5 Å². The third-order valence-electron chi connectivity index (χ3n) is 2.61. The molecule has 0 atom stereocenters. The number of thiazole rings is 1. The van der Waals surface area contributed by atoms with Crippen LogP contribution in [-0.4, -0.2) is 20.7 Å². The average Bonchev–Trinajstić information content (AvgIpc) is 2.84. The Bertz CT molecular complexity index is 539. The number of aromatic nitrogens is 3. The zero-order valence-corrected chi connectivity index (χ0v) is 11.5. The first-order valence-corrected chi connectivity index (χ1v) is 6.59. The molecule has 96 valence electrons. The van der Waals surface area contributed by atoms with E-state index in [1.54, 1.807) is 10.9 Å². The first kappa shape index (κ1) is 12.8. The van der Waals surface area contributed by atoms with E-state index in [2.05, 4.69) is 15.4 Å². The highest BCUT2D eigenvalue weighted by atomic mass is 32.1. The molecule has 1 N–H and O–H groups in total. The van der Waals surface area contributed by atoms with Crippen molar-refractivity contribution < 1.29 is 4.79 Å². The van der Waals surface area contributed by atoms with Gasteiger partial charge in [-0.1, -0.05) is 0 Å². The van der Waals surface area contributed by atoms with E-state index >= 15 is 0 Å². The molecule has 0 bridgehead atoms. The second-order valence-electron chi connectivity index (χ2n) is 4.24. The molecule has 5 nitrogen and oxygen atoms in total. The lowest BCUT2D eigenvalue weighted by molar-refractivity contribution is -0.116. The summed E-state index contributed by atoms with van der Waals surface area (Å²) in [6.45, 7) is 6.50. The van der Waals surface area contributed by atoms with Crippen LogP contribution in [0.4, 0.5) is 5.13 Å². The number of nitrogens with one attached hydrogen (secondary N) is 1. The highest BCUT2D eigenvalue weighted by Crippen LogP contribution is 2.21. The molecule has 0 aliphatic rings. The minimum Gasteiger partial charge on any atom is -0.302 e. The Morgan fingerprint density at radius 2 is 2.22 bits per heavy atom. The zero-order valence-electron chi connectivity index (χ0n) is 10.7. The quantitative estimate of drug-likeness (QED) is 0.921. The van der Waals surface area contributed by atoms with Crippen LogP contribution in [0.3, 0.4) is 0 Å². The zero-order chi connectivity index (χ0) is 13.1. The summed E-state index contributed by atoms with van der Waals surface area (Å²) in [5, 5.41) is 7.62. The van der Waals surface area contributed by atoms with E-state index < -0.39 is 0 Å². The van der Waals surface area contributed by atoms with E-state index in [0.717, 1.165) is 16.1 Å². The maximum atomic E-state index is 11.7. The minimum absolute atomic E-state index is 0.0306. The van der Waals surface area contributed by atoms with E-state index in [0.29, 0.717) is 18.1 Å². The molecule has 2 aromatic rings. The molecule has 2 rings (SSSR count). The van der Waals surface area contributed by atoms with Gasteiger partial charge in [0.15, 0.2) is 5.13 Å². The number of amides is 1. The molecule has 0 aliphatic heterocycles. The van der Waals surface area contributed by atoms with Gasteiger partial charge in [0.1, 0.15) is 0 Å². The van der Waals surface area contributed by atoms with E-state index in [1.165, 1.54) is 11.3 Å². The summed E-state index contributed by atoms with van der Waals surface area (Å²) in [7, 11) is 0. The Hall–Kier alpha value is -1.69. The van der Waals surface area contributed by atoms with Gasteiger partial charge in [-0.15, -0.1) is 11.3 Å². The number of carbonyl (C=O) groups excluding carboxylic acids is 1. The lowest BCUT2D eigenvalue weighted by Crippen LogP contribution is -2.14. The lowest BCUT2D eigenvalue weighted by atomic mass is 10.4. The van der Waals surface area contributed by atoms with E-state index in [9.17, 15) is 4.79 Å². The smallest absolute Gasteiger partial charge is 0.228 e. The number of hydrogen-bond acceptors (Lipinski definition) is 4. The van der Waals surface area contributed by atoms with Crippen LogP contribution in [-0.2, 0) is 11.3 Å². The summed E-state index contributed by atoms with van der Waals surface area (Å²) in [4.78, 5) is 17.1. The predicted molar refractivity (Wildman–Crippen MR) is 71.8 cm³/mol. The number of rotatable bonds is 4. The third-order valence-corrected chi connectivity index (χ3v) is 3.59. The van der Waals surface area contributed by atoms with Gasteiger partial charge >= 0.3 is 0 Å². The van der Waals surface area contributed by atoms with Crippen molar-refractivity contribution in [3.8, 4) is 0 Å². The molecule has 0 unspecified atom stereocenters. The van der Waals surface area contributed by atoms with Gasteiger partial charge in [-0.2, -0.15) is 5.10 Å². The van der Waals surface area contributed by atoms with Gasteiger partial charge in [-0.25, -0.2) is 4.98 Å². The van der Waals surface area contributed by atoms with Gasteiger partial charge in [-0.05, 0) is 26.3 Å². The summed E-state index contributed by atoms with van der Waals surface area (Å²) < 4.78 is 1.77. The molecule has 0 aliphatic carbocycles. The summed E-state index contributed by atoms with van der Waals surface area (Å²) in [5.41, 5.74) is 2.07. The van der Waals surface area contributed by atoms with Crippen molar-refractivity contribution in [2.45, 2.75) is 33.7 Å². The van der Waals surface area contributed by atoms with Gasteiger partial charge < -0.3 is 5.32 Å². The van der Waals surface area contributed by atoms with Crippen molar-refractivity contribution in [2.24, 2.45) is 0 Å². The molecule has 2 heterocycles. The molecule has 2 aromatic heterocycles. The summed E-state index contributed by atoms with van der Waals surface area (Å²) in [6.07, 6.45) is 4.11. The first-order chi connectivity index (χ1) is 8.54. The van der Waals surface area contributed by atoms with Gasteiger partial charge in [-0.3, -0.25) is 9.48 Å². The Balaban J connectivity index is 1.85. The number of carbonyl (C=O) groups is 1. The monoisotopic (exact) mass is 264 g/mol. The molecule has 0 spiro atoms. The Kier molecular flexibility index (Phi) is 3.76. The molecule has 0 saturated carbocycles. The maximum Gasteiger partial charge on any atom is 0.228 e. The van der Waals surface area contributed by atoms with Crippen LogP contribution >= 0.6 is 11.3 Å². The van der Waals surface area contributed by atoms with Crippen molar-refractivity contribution in [1.29, 1.82) is 0 Å². The molecule has 6 heteroatoms. The SMILES string of the molecule is Cc1cnn(CCC(=O)Nc2nc(C)c(C)s2)c1. The molecule has 0 radical (unpaired) electrons. The summed E-state index contributed by atoms with van der Waals surface area (Å²) in [5.74, 6) is -0.0306. The molecule has 0 saturated heterocycles. The first-order valence-electron chi connectivity index (χ1n) is 5.77. The van der Waals surface area contributed by atoms with Crippen molar-refractivity contribution in [1.82, 2.24) is 14.8 Å². The summed E-state index contributed by atoms with van der Waals surface area (Å²) >= 11 is 1.50. The molecular formula is C12H16N4OS. The van der Waals surface area contributed by atoms with Crippen LogP contribution in [0.15, 0.2) is 12.4 Å². The fraction of sp³-hybridized carbons (Fsp3) is 0.417. The second kappa shape index (κ2) is 5.30. The van der Waals surface area contributed by atoms with E-state index in [-0.39, 0.29) is 5.91 Å². The number of aryl methyl sites for hydroxylation is 4. The fourth-order valence-electron chi connectivity index (χ4n) is 1.51. The molecule has 0 aromatic carbocycles. The number of nitrogens with zero attached hydrogens (tertiary/aromatic N) is 3. The minimum atomic E-state index is -0.0306. The highest BCUT2D eigenvalue weighted by molar-refractivity contribution is 7.15. The van der Waals surface area contributed by atoms with E-state index in [1.807, 2.05) is 27.0 Å². The molecule has 0 fully saturated rings. The van der Waals surface area contributed by atoms with Crippen molar-refractivity contribution in [2.75, 3.05) is 5.32 Å². The van der Waals surface area contributed by atoms with Crippen molar-refractivity contribution >= 4 is 22.4 Å². The van der Waals surface area contributed by atoms with Crippen LogP contribution < -0.4 is 5.32 Å². The number of hydrogen-bond donors (Lipinski definition) is 1. The topological polar surface area (TPSA) is 59.8 Å². The maximum absolute atomic E-state index is 11.7. The lowest BCUT2D eigenvalue weighted by Gasteiger charge is -2.01. The predicted octanol–water partition coefficient (Wildman–Crippen LogP) is 2.29. The second-order valence-corrected chi connectivity index (χ2v) is 5.44. The Morgan fingerprint density at radius 3 is 2.78 bits per heavy atom. The standard InChI is InChI=1S/C12H16N4OS/c1-8-6-13-16(7-8)5-4-11(17)15-12-14-9(2)10(3)18-12/h6-7H,4-5H2,1-3H3,(H,14,15,17). The normalized spacial score (nSPS) is 10.6. The molecule has 18 heavy (non-hydrogen) atoms. The van der Waals surface area contributed by atoms with Gasteiger partial charge in [0.2, 0.25) is 5.91 Å². The Morgan fingerprint density at radius 1 is 1.44 bits per heavy atom. The van der Waals surface area contributed by atoms with Crippen LogP contribution in [0, 0.1) is 20.8 Å². The van der Waals surface area contributed by atoms with Crippen LogP contribution in [0.2, 0.25) is 0 Å². The van der Waals surface area contributed by atoms with Crippen molar-refractivity contribution in [3.63, 3.8) is 0 Å². The Labute approximate surface area is 110 Å². The largest absolute Gasteiger partial charge is 0.302 e. The average molecular weight is 264 g/mol. The highest BCUT2D eigenvalue weighted by Gasteiger charge is 2.08. The van der Waals surface area contributed by atoms with Crippen LogP contribution in [0.1, 0.15) is 22.6 Å². The van der Waals surface area contributed by atoms with Gasteiger partial charge in [0.25, 0.3) is 0 Å². The van der Waals surface area contributed by atoms with Crippen LogP contribution in [0.25, 0.3) is 0 Å². The molecular weight excluding hydrogens is 248 g/mol. The van der Waals surface area contributed by atoms with Gasteiger partial charge in [0, 0.05) is 24.0 Å². The molecule has 1 amide bonds. The van der Waals surface area contributed by atoms with Crippen LogP contribution in [0.5, 0.6) is 0 Å². The fourth-order valence-corrected chi connectivity index (χ4v) is 2.34. The number of anilines is 1. The van der Waals surface area contributed by atoms with Gasteiger partial charge in [0.05, 0.1) is 11.9 Å². The summed E-state index contributed by atoms with van der Waals surface area (Å²) in [6, 6.07) is 0.